The molecule has 5 heteroatoms. The summed E-state index contributed by atoms with van der Waals surface area (Å²) in [5, 5.41) is 0.593. The van der Waals surface area contributed by atoms with E-state index in [4.69, 9.17) is 5.84 Å². The van der Waals surface area contributed by atoms with Crippen molar-refractivity contribution in [3.63, 3.8) is 0 Å². The van der Waals surface area contributed by atoms with Gasteiger partial charge in [-0.25, -0.2) is 8.78 Å². The molecule has 3 N–H and O–H groups in total. The fraction of sp³-hybridized carbons (Fsp3) is 0.600. The third-order valence-corrected chi connectivity index (χ3v) is 5.39. The van der Waals surface area contributed by atoms with Crippen molar-refractivity contribution in [1.82, 2.24) is 5.43 Å². The van der Waals surface area contributed by atoms with E-state index in [1.54, 1.807) is 18.7 Å². The molecule has 0 aliphatic heterocycles. The van der Waals surface area contributed by atoms with Crippen LogP contribution < -0.4 is 11.3 Å². The van der Waals surface area contributed by atoms with Crippen molar-refractivity contribution in [3.8, 4) is 0 Å². The van der Waals surface area contributed by atoms with E-state index in [2.05, 4.69) is 5.43 Å². The lowest BCUT2D eigenvalue weighted by atomic mass is 10.0. The van der Waals surface area contributed by atoms with E-state index in [9.17, 15) is 8.78 Å². The van der Waals surface area contributed by atoms with Gasteiger partial charge in [0.25, 0.3) is 0 Å². The molecule has 0 saturated heterocycles. The third-order valence-electron chi connectivity index (χ3n) is 3.92. The molecule has 0 radical (unpaired) electrons. The Hall–Kier alpha value is -0.650. The largest absolute Gasteiger partial charge is 0.271 e. The lowest BCUT2D eigenvalue weighted by Gasteiger charge is -2.24. The van der Waals surface area contributed by atoms with E-state index in [0.717, 1.165) is 0 Å². The molecule has 2 nitrogen and oxygen atoms in total. The van der Waals surface area contributed by atoms with E-state index in [1.807, 2.05) is 0 Å². The summed E-state index contributed by atoms with van der Waals surface area (Å²) in [5.41, 5.74) is 3.08. The molecule has 1 unspecified atom stereocenters. The Balaban J connectivity index is 2.06. The van der Waals surface area contributed by atoms with E-state index >= 15 is 0 Å². The molecule has 0 spiro atoms. The van der Waals surface area contributed by atoms with Crippen molar-refractivity contribution in [3.05, 3.63) is 34.9 Å². The van der Waals surface area contributed by atoms with Gasteiger partial charge in [-0.1, -0.05) is 25.3 Å². The molecule has 1 aliphatic carbocycles. The number of thioether (sulfide) groups is 1. The first-order valence-electron chi connectivity index (χ1n) is 7.15. The zero-order valence-electron chi connectivity index (χ0n) is 11.8. The first-order chi connectivity index (χ1) is 9.63. The van der Waals surface area contributed by atoms with Crippen molar-refractivity contribution in [2.24, 2.45) is 5.84 Å². The van der Waals surface area contributed by atoms with E-state index in [0.29, 0.717) is 16.6 Å². The lowest BCUT2D eigenvalue weighted by molar-refractivity contribution is 0.492. The van der Waals surface area contributed by atoms with Gasteiger partial charge in [0.2, 0.25) is 0 Å². The zero-order valence-corrected chi connectivity index (χ0v) is 12.6. The number of rotatable bonds is 5. The summed E-state index contributed by atoms with van der Waals surface area (Å²) in [7, 11) is 0. The molecule has 0 aromatic heterocycles. The van der Waals surface area contributed by atoms with Gasteiger partial charge in [-0.05, 0) is 31.4 Å². The third kappa shape index (κ3) is 3.71. The number of aryl methyl sites for hydroxylation is 1. The summed E-state index contributed by atoms with van der Waals surface area (Å²) < 4.78 is 28.0. The lowest BCUT2D eigenvalue weighted by Crippen LogP contribution is -2.32. The second kappa shape index (κ2) is 7.38. The fourth-order valence-electron chi connectivity index (χ4n) is 2.68. The van der Waals surface area contributed by atoms with Crippen LogP contribution in [-0.2, 0) is 0 Å². The highest BCUT2D eigenvalue weighted by molar-refractivity contribution is 7.99. The van der Waals surface area contributed by atoms with Crippen LogP contribution in [0.1, 0.15) is 49.3 Å². The fourth-order valence-corrected chi connectivity index (χ4v) is 4.07. The number of nitrogens with one attached hydrogen (secondary N) is 1. The smallest absolute Gasteiger partial charge is 0.133 e. The summed E-state index contributed by atoms with van der Waals surface area (Å²) in [6.45, 7) is 1.64. The molecule has 2 rings (SSSR count). The molecule has 1 fully saturated rings. The highest BCUT2D eigenvalue weighted by Crippen LogP contribution is 2.32. The topological polar surface area (TPSA) is 38.0 Å². The van der Waals surface area contributed by atoms with Crippen LogP contribution in [0, 0.1) is 18.6 Å². The van der Waals surface area contributed by atoms with Gasteiger partial charge < -0.3 is 0 Å². The molecule has 1 saturated carbocycles. The molecule has 0 bridgehead atoms. The van der Waals surface area contributed by atoms with Crippen molar-refractivity contribution >= 4 is 11.8 Å². The van der Waals surface area contributed by atoms with Gasteiger partial charge in [0, 0.05) is 16.6 Å². The summed E-state index contributed by atoms with van der Waals surface area (Å²) in [6.07, 6.45) is 6.20. The highest BCUT2D eigenvalue weighted by Gasteiger charge is 2.23. The maximum absolute atomic E-state index is 14.1. The number of benzene rings is 1. The van der Waals surface area contributed by atoms with Crippen molar-refractivity contribution < 1.29 is 8.78 Å². The number of hydrazine groups is 1. The summed E-state index contributed by atoms with van der Waals surface area (Å²) in [5.74, 6) is 5.09. The number of halogens is 2. The first-order valence-corrected chi connectivity index (χ1v) is 8.20. The number of hydrogen-bond donors (Lipinski definition) is 2. The van der Waals surface area contributed by atoms with Crippen LogP contribution in [0.5, 0.6) is 0 Å². The number of hydrogen-bond acceptors (Lipinski definition) is 3. The van der Waals surface area contributed by atoms with Crippen molar-refractivity contribution in [2.45, 2.75) is 50.3 Å². The Morgan fingerprint density at radius 1 is 1.30 bits per heavy atom. The second-order valence-corrected chi connectivity index (χ2v) is 6.74. The minimum atomic E-state index is -0.528. The van der Waals surface area contributed by atoms with Gasteiger partial charge in [-0.2, -0.15) is 11.8 Å². The van der Waals surface area contributed by atoms with Crippen LogP contribution >= 0.6 is 11.8 Å². The van der Waals surface area contributed by atoms with Gasteiger partial charge in [0.15, 0.2) is 0 Å². The van der Waals surface area contributed by atoms with Gasteiger partial charge in [0.05, 0.1) is 6.04 Å². The Kier molecular flexibility index (Phi) is 5.81. The van der Waals surface area contributed by atoms with E-state index in [-0.39, 0.29) is 5.56 Å². The molecule has 0 amide bonds. The standard InChI is InChI=1S/C15H22F2N2S/c1-10-7-8-12(16)14(15(10)17)13(19-18)9-20-11-5-3-2-4-6-11/h7-8,11,13,19H,2-6,9,18H2,1H3. The maximum Gasteiger partial charge on any atom is 0.133 e. The molecular weight excluding hydrogens is 278 g/mol. The number of nitrogens with two attached hydrogens (primary N) is 1. The van der Waals surface area contributed by atoms with Crippen LogP contribution in [0.15, 0.2) is 12.1 Å². The molecule has 20 heavy (non-hydrogen) atoms. The van der Waals surface area contributed by atoms with E-state index < -0.39 is 17.7 Å². The van der Waals surface area contributed by atoms with Gasteiger partial charge in [-0.3, -0.25) is 11.3 Å². The predicted molar refractivity (Wildman–Crippen MR) is 80.5 cm³/mol. The molecule has 1 aromatic rings. The summed E-state index contributed by atoms with van der Waals surface area (Å²) >= 11 is 1.77. The van der Waals surface area contributed by atoms with Gasteiger partial charge >= 0.3 is 0 Å². The van der Waals surface area contributed by atoms with Crippen LogP contribution in [-0.4, -0.2) is 11.0 Å². The van der Waals surface area contributed by atoms with Crippen LogP contribution in [0.3, 0.4) is 0 Å². The molecule has 1 atom stereocenters. The Morgan fingerprint density at radius 2 is 2.00 bits per heavy atom. The van der Waals surface area contributed by atoms with Crippen LogP contribution in [0.2, 0.25) is 0 Å². The van der Waals surface area contributed by atoms with Crippen molar-refractivity contribution in [2.75, 3.05) is 5.75 Å². The predicted octanol–water partition coefficient (Wildman–Crippen LogP) is 3.84. The maximum atomic E-state index is 14.1. The van der Waals surface area contributed by atoms with Gasteiger partial charge in [-0.15, -0.1) is 0 Å². The first kappa shape index (κ1) is 15.7. The van der Waals surface area contributed by atoms with Crippen LogP contribution in [0.25, 0.3) is 0 Å². The highest BCUT2D eigenvalue weighted by atomic mass is 32.2. The van der Waals surface area contributed by atoms with Crippen LogP contribution in [0.4, 0.5) is 8.78 Å². The molecule has 0 heterocycles. The average Bonchev–Trinajstić information content (AvgIpc) is 2.47. The van der Waals surface area contributed by atoms with E-state index in [1.165, 1.54) is 44.2 Å². The minimum absolute atomic E-state index is 0.0656. The minimum Gasteiger partial charge on any atom is -0.271 e. The molecule has 1 aromatic carbocycles. The quantitative estimate of drug-likeness (QED) is 0.641. The summed E-state index contributed by atoms with van der Waals surface area (Å²) in [4.78, 5) is 0. The van der Waals surface area contributed by atoms with Crippen molar-refractivity contribution in [1.29, 1.82) is 0 Å². The molecule has 112 valence electrons. The Bertz CT molecular complexity index is 448. The second-order valence-electron chi connectivity index (χ2n) is 5.40. The molecular formula is C15H22F2N2S. The van der Waals surface area contributed by atoms with Gasteiger partial charge in [0.1, 0.15) is 11.6 Å². The average molecular weight is 300 g/mol. The normalized spacial score (nSPS) is 18.2. The Labute approximate surface area is 123 Å². The Morgan fingerprint density at radius 3 is 2.65 bits per heavy atom. The zero-order chi connectivity index (χ0) is 14.5. The molecule has 1 aliphatic rings. The SMILES string of the molecule is Cc1ccc(F)c(C(CSC2CCCCC2)NN)c1F. The monoisotopic (exact) mass is 300 g/mol. The summed E-state index contributed by atoms with van der Waals surface area (Å²) in [6, 6.07) is 2.28.